The molecule has 0 spiro atoms. The fourth-order valence-corrected chi connectivity index (χ4v) is 4.87. The van der Waals surface area contributed by atoms with E-state index >= 15 is 0 Å². The van der Waals surface area contributed by atoms with Gasteiger partial charge in [-0.3, -0.25) is 0 Å². The Morgan fingerprint density at radius 2 is 1.88 bits per heavy atom. The van der Waals surface area contributed by atoms with E-state index in [9.17, 15) is 5.26 Å². The first kappa shape index (κ1) is 15.4. The first-order valence-electron chi connectivity index (χ1n) is 9.02. The van der Waals surface area contributed by atoms with Crippen molar-refractivity contribution in [1.29, 1.82) is 5.26 Å². The molecule has 122 valence electrons. The van der Waals surface area contributed by atoms with Crippen molar-refractivity contribution in [3.8, 4) is 6.07 Å². The number of hydrogen-bond donors (Lipinski definition) is 1. The molecule has 2 aliphatic rings. The van der Waals surface area contributed by atoms with Gasteiger partial charge in [-0.2, -0.15) is 5.26 Å². The summed E-state index contributed by atoms with van der Waals surface area (Å²) < 4.78 is 0. The van der Waals surface area contributed by atoms with Crippen LogP contribution in [-0.4, -0.2) is 13.1 Å². The summed E-state index contributed by atoms with van der Waals surface area (Å²) in [6.45, 7) is 4.59. The van der Waals surface area contributed by atoms with Crippen molar-refractivity contribution in [2.75, 3.05) is 13.1 Å². The minimum atomic E-state index is 0.293. The van der Waals surface area contributed by atoms with Crippen LogP contribution in [0, 0.1) is 23.2 Å². The second-order valence-corrected chi connectivity index (χ2v) is 7.45. The molecule has 2 aromatic rings. The van der Waals surface area contributed by atoms with Crippen molar-refractivity contribution in [3.05, 3.63) is 71.3 Å². The molecule has 0 radical (unpaired) electrons. The number of nitrogens with zero attached hydrogens (tertiary/aromatic N) is 1. The van der Waals surface area contributed by atoms with Crippen molar-refractivity contribution in [3.63, 3.8) is 0 Å². The minimum Gasteiger partial charge on any atom is -0.316 e. The van der Waals surface area contributed by atoms with E-state index in [-0.39, 0.29) is 0 Å². The predicted molar refractivity (Wildman–Crippen MR) is 96.8 cm³/mol. The van der Waals surface area contributed by atoms with E-state index in [1.54, 1.807) is 0 Å². The smallest absolute Gasteiger partial charge is 0.0991 e. The van der Waals surface area contributed by atoms with Gasteiger partial charge in [0.05, 0.1) is 11.6 Å². The summed E-state index contributed by atoms with van der Waals surface area (Å²) in [4.78, 5) is 0. The van der Waals surface area contributed by atoms with Gasteiger partial charge in [0.25, 0.3) is 0 Å². The van der Waals surface area contributed by atoms with Gasteiger partial charge in [0, 0.05) is 5.41 Å². The molecule has 2 nitrogen and oxygen atoms in total. The molecule has 2 heteroatoms. The normalized spacial score (nSPS) is 28.8. The quantitative estimate of drug-likeness (QED) is 0.896. The standard InChI is InChI=1S/C22H24N2/c1-16(18-7-3-2-4-8-18)10-11-22(20-14-24-15-21(20)22)19-9-5-6-17(12-19)13-23/h2-9,12,16,20-21,24H,10-11,14-15H2,1H3. The average Bonchev–Trinajstić information content (AvgIpc) is 2.99. The molecule has 3 unspecified atom stereocenters. The third-order valence-corrected chi connectivity index (χ3v) is 6.32. The molecule has 3 atom stereocenters. The fraction of sp³-hybridized carbons (Fsp3) is 0.409. The van der Waals surface area contributed by atoms with Gasteiger partial charge < -0.3 is 5.32 Å². The summed E-state index contributed by atoms with van der Waals surface area (Å²) in [6, 6.07) is 21.5. The zero-order valence-electron chi connectivity index (χ0n) is 14.2. The molecule has 2 fully saturated rings. The van der Waals surface area contributed by atoms with Crippen molar-refractivity contribution in [1.82, 2.24) is 5.32 Å². The number of hydrogen-bond acceptors (Lipinski definition) is 2. The van der Waals surface area contributed by atoms with Crippen LogP contribution in [0.1, 0.15) is 42.4 Å². The van der Waals surface area contributed by atoms with Crippen LogP contribution in [0.15, 0.2) is 54.6 Å². The molecule has 0 amide bonds. The molecule has 1 aliphatic heterocycles. The summed E-state index contributed by atoms with van der Waals surface area (Å²) in [5.41, 5.74) is 3.91. The maximum absolute atomic E-state index is 9.26. The topological polar surface area (TPSA) is 35.8 Å². The molecule has 1 saturated carbocycles. The Hall–Kier alpha value is -2.11. The first-order valence-corrected chi connectivity index (χ1v) is 9.02. The van der Waals surface area contributed by atoms with Gasteiger partial charge in [0.2, 0.25) is 0 Å². The van der Waals surface area contributed by atoms with Crippen molar-refractivity contribution < 1.29 is 0 Å². The first-order chi connectivity index (χ1) is 11.8. The highest BCUT2D eigenvalue weighted by Gasteiger charge is 2.66. The lowest BCUT2D eigenvalue weighted by Crippen LogP contribution is -2.26. The molecule has 2 aromatic carbocycles. The zero-order valence-corrected chi connectivity index (χ0v) is 14.2. The molecular formula is C22H24N2. The van der Waals surface area contributed by atoms with Crippen LogP contribution in [0.4, 0.5) is 0 Å². The summed E-state index contributed by atoms with van der Waals surface area (Å²) in [5, 5.41) is 12.8. The molecule has 0 bridgehead atoms. The number of rotatable bonds is 5. The lowest BCUT2D eigenvalue weighted by molar-refractivity contribution is 0.448. The van der Waals surface area contributed by atoms with E-state index in [2.05, 4.69) is 66.8 Å². The maximum atomic E-state index is 9.26. The molecule has 1 saturated heterocycles. The molecule has 1 aliphatic carbocycles. The lowest BCUT2D eigenvalue weighted by Gasteiger charge is -2.24. The van der Waals surface area contributed by atoms with Crippen molar-refractivity contribution in [2.45, 2.75) is 31.1 Å². The Labute approximate surface area is 144 Å². The summed E-state index contributed by atoms with van der Waals surface area (Å²) in [6.07, 6.45) is 2.42. The van der Waals surface area contributed by atoms with Gasteiger partial charge in [-0.1, -0.05) is 49.4 Å². The predicted octanol–water partition coefficient (Wildman–Crippen LogP) is 4.23. The van der Waals surface area contributed by atoms with E-state index in [4.69, 9.17) is 0 Å². The largest absolute Gasteiger partial charge is 0.316 e. The highest BCUT2D eigenvalue weighted by Crippen LogP contribution is 2.64. The number of nitrogens with one attached hydrogen (secondary N) is 1. The molecule has 1 heterocycles. The maximum Gasteiger partial charge on any atom is 0.0991 e. The van der Waals surface area contributed by atoms with Crippen LogP contribution in [0.3, 0.4) is 0 Å². The third-order valence-electron chi connectivity index (χ3n) is 6.32. The van der Waals surface area contributed by atoms with Gasteiger partial charge >= 0.3 is 0 Å². The Bertz CT molecular complexity index is 749. The summed E-state index contributed by atoms with van der Waals surface area (Å²) >= 11 is 0. The Morgan fingerprint density at radius 1 is 1.12 bits per heavy atom. The van der Waals surface area contributed by atoms with Gasteiger partial charge in [-0.15, -0.1) is 0 Å². The van der Waals surface area contributed by atoms with Crippen LogP contribution in [0.5, 0.6) is 0 Å². The summed E-state index contributed by atoms with van der Waals surface area (Å²) in [5.74, 6) is 2.07. The van der Waals surface area contributed by atoms with E-state index in [0.717, 1.165) is 30.5 Å². The lowest BCUT2D eigenvalue weighted by atomic mass is 9.82. The van der Waals surface area contributed by atoms with Crippen molar-refractivity contribution >= 4 is 0 Å². The SMILES string of the molecule is CC(CCC1(c2cccc(C#N)c2)C2CNCC21)c1ccccc1. The molecular weight excluding hydrogens is 292 g/mol. The van der Waals surface area contributed by atoms with E-state index in [1.807, 2.05) is 6.07 Å². The van der Waals surface area contributed by atoms with Crippen LogP contribution in [0.25, 0.3) is 0 Å². The van der Waals surface area contributed by atoms with Gasteiger partial charge in [0.1, 0.15) is 0 Å². The molecule has 1 N–H and O–H groups in total. The van der Waals surface area contributed by atoms with Crippen LogP contribution >= 0.6 is 0 Å². The van der Waals surface area contributed by atoms with Crippen LogP contribution in [0.2, 0.25) is 0 Å². The Morgan fingerprint density at radius 3 is 2.58 bits per heavy atom. The van der Waals surface area contributed by atoms with Gasteiger partial charge in [-0.25, -0.2) is 0 Å². The third kappa shape index (κ3) is 2.44. The molecule has 4 rings (SSSR count). The summed E-state index contributed by atoms with van der Waals surface area (Å²) in [7, 11) is 0. The Kier molecular flexibility index (Phi) is 3.90. The van der Waals surface area contributed by atoms with Crippen molar-refractivity contribution in [2.24, 2.45) is 11.8 Å². The van der Waals surface area contributed by atoms with Crippen LogP contribution in [-0.2, 0) is 5.41 Å². The van der Waals surface area contributed by atoms with Crippen LogP contribution < -0.4 is 5.32 Å². The number of nitriles is 1. The zero-order chi connectivity index (χ0) is 16.6. The van der Waals surface area contributed by atoms with Gasteiger partial charge in [-0.05, 0) is 66.9 Å². The monoisotopic (exact) mass is 316 g/mol. The molecule has 0 aromatic heterocycles. The van der Waals surface area contributed by atoms with E-state index in [0.29, 0.717) is 11.3 Å². The molecule has 24 heavy (non-hydrogen) atoms. The van der Waals surface area contributed by atoms with E-state index < -0.39 is 0 Å². The highest BCUT2D eigenvalue weighted by atomic mass is 15.0. The minimum absolute atomic E-state index is 0.293. The average molecular weight is 316 g/mol. The number of benzene rings is 2. The highest BCUT2D eigenvalue weighted by molar-refractivity contribution is 5.43. The second-order valence-electron chi connectivity index (χ2n) is 7.45. The second kappa shape index (κ2) is 6.07. The van der Waals surface area contributed by atoms with E-state index in [1.165, 1.54) is 24.0 Å². The van der Waals surface area contributed by atoms with Gasteiger partial charge in [0.15, 0.2) is 0 Å². The fourth-order valence-electron chi connectivity index (χ4n) is 4.87. The Balaban J connectivity index is 1.56. The number of piperidine rings is 1. The number of fused-ring (bicyclic) bond motifs is 1.